The zero-order valence-electron chi connectivity index (χ0n) is 15.5. The second-order valence-electron chi connectivity index (χ2n) is 6.16. The molecule has 3 rings (SSSR count). The Morgan fingerprint density at radius 1 is 1.07 bits per heavy atom. The van der Waals surface area contributed by atoms with Gasteiger partial charge in [0.2, 0.25) is 5.91 Å². The lowest BCUT2D eigenvalue weighted by Gasteiger charge is -2.34. The van der Waals surface area contributed by atoms with Gasteiger partial charge in [0.25, 0.3) is 5.91 Å². The Bertz CT molecular complexity index is 784. The van der Waals surface area contributed by atoms with Crippen LogP contribution in [0.5, 0.6) is 5.75 Å². The first-order valence-electron chi connectivity index (χ1n) is 8.93. The smallest absolute Gasteiger partial charge is 0.275 e. The Morgan fingerprint density at radius 3 is 2.33 bits per heavy atom. The molecule has 2 amide bonds. The number of carbonyl (C=O) groups is 2. The largest absolute Gasteiger partial charge is 0.494 e. The Labute approximate surface area is 158 Å². The third-order valence-corrected chi connectivity index (χ3v) is 4.34. The number of benzene rings is 1. The SMILES string of the molecule is CCOc1ccc(NC(=O)c2cnc(N3CCN(C(C)=O)CC3)cn2)cc1. The minimum Gasteiger partial charge on any atom is -0.494 e. The normalized spacial score (nSPS) is 14.0. The van der Waals surface area contributed by atoms with Gasteiger partial charge in [0.05, 0.1) is 19.0 Å². The maximum Gasteiger partial charge on any atom is 0.275 e. The molecule has 2 heterocycles. The van der Waals surface area contributed by atoms with Crippen LogP contribution in [-0.2, 0) is 4.79 Å². The van der Waals surface area contributed by atoms with Crippen molar-refractivity contribution in [3.8, 4) is 5.75 Å². The van der Waals surface area contributed by atoms with Gasteiger partial charge in [0, 0.05) is 38.8 Å². The van der Waals surface area contributed by atoms with Gasteiger partial charge < -0.3 is 19.9 Å². The number of carbonyl (C=O) groups excluding carboxylic acids is 2. The minimum atomic E-state index is -0.320. The van der Waals surface area contributed by atoms with Crippen LogP contribution in [0.2, 0.25) is 0 Å². The molecule has 0 unspecified atom stereocenters. The average molecular weight is 369 g/mol. The van der Waals surface area contributed by atoms with Gasteiger partial charge in [-0.05, 0) is 31.2 Å². The molecule has 1 N–H and O–H groups in total. The lowest BCUT2D eigenvalue weighted by molar-refractivity contribution is -0.129. The van der Waals surface area contributed by atoms with Gasteiger partial charge in [-0.25, -0.2) is 9.97 Å². The summed E-state index contributed by atoms with van der Waals surface area (Å²) in [5, 5.41) is 2.79. The van der Waals surface area contributed by atoms with Crippen molar-refractivity contribution in [1.29, 1.82) is 0 Å². The number of rotatable bonds is 5. The van der Waals surface area contributed by atoms with E-state index >= 15 is 0 Å². The van der Waals surface area contributed by atoms with E-state index in [1.807, 2.05) is 11.8 Å². The highest BCUT2D eigenvalue weighted by Crippen LogP contribution is 2.17. The quantitative estimate of drug-likeness (QED) is 0.865. The van der Waals surface area contributed by atoms with Gasteiger partial charge >= 0.3 is 0 Å². The molecule has 8 nitrogen and oxygen atoms in total. The van der Waals surface area contributed by atoms with Crippen molar-refractivity contribution in [2.45, 2.75) is 13.8 Å². The van der Waals surface area contributed by atoms with E-state index < -0.39 is 0 Å². The molecule has 0 saturated carbocycles. The van der Waals surface area contributed by atoms with Crippen LogP contribution in [0.1, 0.15) is 24.3 Å². The summed E-state index contributed by atoms with van der Waals surface area (Å²) in [6, 6.07) is 7.15. The van der Waals surface area contributed by atoms with Crippen molar-refractivity contribution >= 4 is 23.3 Å². The van der Waals surface area contributed by atoms with Gasteiger partial charge in [-0.15, -0.1) is 0 Å². The molecule has 142 valence electrons. The number of nitrogens with zero attached hydrogens (tertiary/aromatic N) is 4. The van der Waals surface area contributed by atoms with Crippen molar-refractivity contribution in [3.05, 3.63) is 42.4 Å². The van der Waals surface area contributed by atoms with E-state index in [1.54, 1.807) is 37.4 Å². The molecular weight excluding hydrogens is 346 g/mol. The molecule has 1 fully saturated rings. The van der Waals surface area contributed by atoms with E-state index in [9.17, 15) is 9.59 Å². The summed E-state index contributed by atoms with van der Waals surface area (Å²) in [4.78, 5) is 36.2. The zero-order valence-corrected chi connectivity index (χ0v) is 15.5. The van der Waals surface area contributed by atoms with Crippen LogP contribution in [0.4, 0.5) is 11.5 Å². The summed E-state index contributed by atoms with van der Waals surface area (Å²) in [5.74, 6) is 1.22. The van der Waals surface area contributed by atoms with Crippen LogP contribution in [-0.4, -0.2) is 59.5 Å². The van der Waals surface area contributed by atoms with E-state index in [-0.39, 0.29) is 17.5 Å². The Kier molecular flexibility index (Phi) is 5.85. The highest BCUT2D eigenvalue weighted by Gasteiger charge is 2.20. The molecule has 0 bridgehead atoms. The van der Waals surface area contributed by atoms with Gasteiger partial charge in [-0.2, -0.15) is 0 Å². The predicted octanol–water partition coefficient (Wildman–Crippen LogP) is 1.80. The van der Waals surface area contributed by atoms with E-state index in [0.717, 1.165) is 5.75 Å². The Morgan fingerprint density at radius 2 is 1.78 bits per heavy atom. The third-order valence-electron chi connectivity index (χ3n) is 4.34. The van der Waals surface area contributed by atoms with Gasteiger partial charge in [-0.3, -0.25) is 9.59 Å². The predicted molar refractivity (Wildman–Crippen MR) is 102 cm³/mol. The number of ether oxygens (including phenoxy) is 1. The van der Waals surface area contributed by atoms with Crippen LogP contribution < -0.4 is 15.0 Å². The average Bonchev–Trinajstić information content (AvgIpc) is 2.70. The molecule has 27 heavy (non-hydrogen) atoms. The molecule has 1 saturated heterocycles. The number of anilines is 2. The number of aromatic nitrogens is 2. The molecule has 0 aliphatic carbocycles. The second kappa shape index (κ2) is 8.48. The second-order valence-corrected chi connectivity index (χ2v) is 6.16. The number of piperazine rings is 1. The Balaban J connectivity index is 1.58. The highest BCUT2D eigenvalue weighted by atomic mass is 16.5. The molecular formula is C19H23N5O3. The van der Waals surface area contributed by atoms with Crippen LogP contribution in [0.15, 0.2) is 36.7 Å². The molecule has 0 radical (unpaired) electrons. The number of amides is 2. The number of hydrogen-bond acceptors (Lipinski definition) is 6. The Hall–Kier alpha value is -3.16. The van der Waals surface area contributed by atoms with Crippen molar-refractivity contribution in [2.24, 2.45) is 0 Å². The minimum absolute atomic E-state index is 0.0852. The molecule has 1 aromatic carbocycles. The summed E-state index contributed by atoms with van der Waals surface area (Å²) in [5.41, 5.74) is 0.907. The molecule has 2 aromatic rings. The summed E-state index contributed by atoms with van der Waals surface area (Å²) in [7, 11) is 0. The van der Waals surface area contributed by atoms with Crippen molar-refractivity contribution in [2.75, 3.05) is 43.0 Å². The lowest BCUT2D eigenvalue weighted by atomic mass is 10.3. The summed E-state index contributed by atoms with van der Waals surface area (Å²) < 4.78 is 5.38. The fraction of sp³-hybridized carbons (Fsp3) is 0.368. The van der Waals surface area contributed by atoms with Crippen LogP contribution >= 0.6 is 0 Å². The zero-order chi connectivity index (χ0) is 19.2. The lowest BCUT2D eigenvalue weighted by Crippen LogP contribution is -2.48. The fourth-order valence-corrected chi connectivity index (χ4v) is 2.85. The summed E-state index contributed by atoms with van der Waals surface area (Å²) >= 11 is 0. The molecule has 0 atom stereocenters. The number of nitrogens with one attached hydrogen (secondary N) is 1. The fourth-order valence-electron chi connectivity index (χ4n) is 2.85. The molecule has 8 heteroatoms. The topological polar surface area (TPSA) is 87.7 Å². The van der Waals surface area contributed by atoms with E-state index in [0.29, 0.717) is 44.3 Å². The summed E-state index contributed by atoms with van der Waals surface area (Å²) in [6.45, 7) is 6.82. The van der Waals surface area contributed by atoms with Gasteiger partial charge in [0.15, 0.2) is 0 Å². The first kappa shape index (κ1) is 18.6. The standard InChI is InChI=1S/C19H23N5O3/c1-3-27-16-6-4-15(5-7-16)22-19(26)17-12-21-18(13-20-17)24-10-8-23(9-11-24)14(2)25/h4-7,12-13H,3,8-11H2,1-2H3,(H,22,26). The number of hydrogen-bond donors (Lipinski definition) is 1. The maximum atomic E-state index is 12.3. The van der Waals surface area contributed by atoms with Crippen LogP contribution in [0.25, 0.3) is 0 Å². The molecule has 1 aliphatic rings. The van der Waals surface area contributed by atoms with Gasteiger partial charge in [-0.1, -0.05) is 0 Å². The first-order chi connectivity index (χ1) is 13.1. The van der Waals surface area contributed by atoms with E-state index in [2.05, 4.69) is 20.2 Å². The van der Waals surface area contributed by atoms with Crippen molar-refractivity contribution in [1.82, 2.24) is 14.9 Å². The molecule has 1 aliphatic heterocycles. The molecule has 1 aromatic heterocycles. The van der Waals surface area contributed by atoms with Crippen LogP contribution in [0, 0.1) is 0 Å². The maximum absolute atomic E-state index is 12.3. The van der Waals surface area contributed by atoms with E-state index in [1.165, 1.54) is 6.20 Å². The van der Waals surface area contributed by atoms with Crippen LogP contribution in [0.3, 0.4) is 0 Å². The molecule has 0 spiro atoms. The van der Waals surface area contributed by atoms with Crippen molar-refractivity contribution < 1.29 is 14.3 Å². The van der Waals surface area contributed by atoms with E-state index in [4.69, 9.17) is 4.74 Å². The highest BCUT2D eigenvalue weighted by molar-refractivity contribution is 6.02. The van der Waals surface area contributed by atoms with Crippen molar-refractivity contribution in [3.63, 3.8) is 0 Å². The summed E-state index contributed by atoms with van der Waals surface area (Å²) in [6.07, 6.45) is 3.06. The first-order valence-corrected chi connectivity index (χ1v) is 8.93. The van der Waals surface area contributed by atoms with Gasteiger partial charge in [0.1, 0.15) is 17.3 Å². The third kappa shape index (κ3) is 4.72. The monoisotopic (exact) mass is 369 g/mol.